The van der Waals surface area contributed by atoms with E-state index in [9.17, 15) is 44.4 Å². The van der Waals surface area contributed by atoms with Crippen molar-refractivity contribution >= 4 is 123 Å². The highest BCUT2D eigenvalue weighted by Crippen LogP contribution is 2.43. The number of rotatable bonds is 49. The summed E-state index contributed by atoms with van der Waals surface area (Å²) in [4.78, 5) is 53.2. The monoisotopic (exact) mass is 1930 g/mol. The largest absolute Gasteiger partial charge is 0.478 e. The number of aromatic carboxylic acids is 2. The number of sulfonamides is 2. The molecular weight excluding hydrogens is 1820 g/mol. The fourth-order valence-electron chi connectivity index (χ4n) is 14.3. The number of nitrogens with two attached hydrogens (primary N) is 1. The molecule has 3 heterocycles. The smallest absolute Gasteiger partial charge is 0.335 e. The van der Waals surface area contributed by atoms with Gasteiger partial charge in [0.2, 0.25) is 20.0 Å². The Morgan fingerprint density at radius 1 is 0.386 bits per heavy atom. The molecule has 0 aromatic heterocycles. The first-order valence-electron chi connectivity index (χ1n) is 41.3. The van der Waals surface area contributed by atoms with Gasteiger partial charge in [-0.1, -0.05) is 118 Å². The second-order valence-electron chi connectivity index (χ2n) is 30.1. The molecule has 7 N–H and O–H groups in total. The van der Waals surface area contributed by atoms with Crippen molar-refractivity contribution in [1.82, 2.24) is 29.5 Å². The Balaban J connectivity index is 0.000000315. The van der Waals surface area contributed by atoms with Crippen LogP contribution in [-0.4, -0.2) is 265 Å². The summed E-state index contributed by atoms with van der Waals surface area (Å²) in [7, 11) is -4.98. The van der Waals surface area contributed by atoms with Crippen LogP contribution in [0.1, 0.15) is 129 Å². The number of carboxylic acid groups (broad SMARTS) is 2. The van der Waals surface area contributed by atoms with Gasteiger partial charge in [0.1, 0.15) is 0 Å². The van der Waals surface area contributed by atoms with E-state index in [1.54, 1.807) is 97.1 Å². The summed E-state index contributed by atoms with van der Waals surface area (Å²) in [6, 6.07) is 43.5. The third-order valence-corrected chi connectivity index (χ3v) is 27.0. The number of ether oxygens (including phenoxy) is 9. The standard InChI is InChI=1S/C58H70Cl4N4O12S2.C24H33Cl2N3O5S.C8H6O4/c1-65-37-51(49-33-45(59)35-55(61)53(49)39-65)43-7-3-9-47(31-43)79(69,70)30-6-19-74-23-27-77-26-22-73-18-5-11-57(67)41-12-14-42(15-13-41)58(68)63-16-20-75-24-28-78-29-25-76-21-17-64-80(71,72)48-10-4-8-44(32-48)52-38-66(2)40-54-50(52)34-46(60)36-56(54)62;1-29-16-22(21-14-19(25)15-24(26)23(21)17-29)18-3-2-4-20(13-18)35(30,31)28-6-8-33-10-12-34-11-9-32-7-5-27;9-7(10)5-1-2-6(4-3-5)8(11)12/h3-4,7-10,12-15,31-36,51-52,64H,5-6,11,16-30,37-40H2,1-2H3,(H,63,68);2-4,13-15,22,28H,5-12,16-17,27H2,1H3;1-4H,(H,9,10)(H,11,12). The fourth-order valence-corrected chi connectivity index (χ4v) is 19.5. The van der Waals surface area contributed by atoms with E-state index < -0.39 is 41.8 Å². The first kappa shape index (κ1) is 104. The van der Waals surface area contributed by atoms with Crippen LogP contribution in [0.15, 0.2) is 172 Å². The zero-order valence-electron chi connectivity index (χ0n) is 70.9. The van der Waals surface area contributed by atoms with Crippen LogP contribution in [0.5, 0.6) is 0 Å². The second kappa shape index (κ2) is 52.8. The summed E-state index contributed by atoms with van der Waals surface area (Å²) in [5, 5.41) is 23.2. The summed E-state index contributed by atoms with van der Waals surface area (Å²) in [5.74, 6) is -2.71. The number of carbonyl (C=O) groups excluding carboxylic acids is 2. The lowest BCUT2D eigenvalue weighted by Gasteiger charge is -2.33. The van der Waals surface area contributed by atoms with Crippen molar-refractivity contribution in [3.05, 3.63) is 260 Å². The number of hydrogen-bond donors (Lipinski definition) is 6. The highest BCUT2D eigenvalue weighted by Gasteiger charge is 2.32. The van der Waals surface area contributed by atoms with Crippen LogP contribution >= 0.6 is 69.6 Å². The molecule has 127 heavy (non-hydrogen) atoms. The number of likely N-dealkylation sites (N-methyl/N-ethyl adjacent to an activating group) is 3. The molecule has 0 spiro atoms. The predicted octanol–water partition coefficient (Wildman–Crippen LogP) is 13.0. The second-order valence-corrected chi connectivity index (χ2v) is 38.3. The minimum atomic E-state index is -3.79. The number of halogens is 6. The molecule has 3 atom stereocenters. The number of carboxylic acids is 2. The van der Waals surface area contributed by atoms with Gasteiger partial charge in [-0.25, -0.2) is 44.3 Å². The van der Waals surface area contributed by atoms with Crippen LogP contribution in [0.3, 0.4) is 0 Å². The number of fused-ring (bicyclic) bond motifs is 3. The predicted molar refractivity (Wildman–Crippen MR) is 489 cm³/mol. The number of nitrogens with zero attached hydrogens (tertiary/aromatic N) is 3. The number of sulfone groups is 1. The maximum absolute atomic E-state index is 13.3. The molecule has 37 heteroatoms. The van der Waals surface area contributed by atoms with Gasteiger partial charge in [-0.2, -0.15) is 0 Å². The van der Waals surface area contributed by atoms with E-state index in [1.807, 2.05) is 57.5 Å². The van der Waals surface area contributed by atoms with Gasteiger partial charge in [-0.05, 0) is 193 Å². The maximum Gasteiger partial charge on any atom is 0.335 e. The first-order chi connectivity index (χ1) is 60.9. The quantitative estimate of drug-likeness (QED) is 0.0152. The molecule has 0 radical (unpaired) electrons. The lowest BCUT2D eigenvalue weighted by atomic mass is 9.85. The molecular formula is C90H109Cl6N7O21S3. The molecule has 11 rings (SSSR count). The van der Waals surface area contributed by atoms with E-state index in [1.165, 1.54) is 24.3 Å². The molecule has 28 nitrogen and oxygen atoms in total. The average molecular weight is 1930 g/mol. The third-order valence-electron chi connectivity index (χ3n) is 20.6. The zero-order chi connectivity index (χ0) is 91.5. The summed E-state index contributed by atoms with van der Waals surface area (Å²) in [6.07, 6.45) is 1.16. The number of benzene rings is 8. The molecule has 8 aromatic carbocycles. The van der Waals surface area contributed by atoms with E-state index in [2.05, 4.69) is 29.5 Å². The minimum Gasteiger partial charge on any atom is -0.478 e. The number of nitrogens with one attached hydrogen (secondary N) is 3. The van der Waals surface area contributed by atoms with E-state index in [0.29, 0.717) is 179 Å². The number of amides is 1. The Bertz CT molecular complexity index is 5050. The Kier molecular flexibility index (Phi) is 43.0. The Morgan fingerprint density at radius 3 is 1.07 bits per heavy atom. The molecule has 690 valence electrons. The van der Waals surface area contributed by atoms with Crippen LogP contribution in [0, 0.1) is 0 Å². The van der Waals surface area contributed by atoms with E-state index in [4.69, 9.17) is 128 Å². The van der Waals surface area contributed by atoms with Crippen LogP contribution in [0.2, 0.25) is 30.1 Å². The molecule has 0 saturated heterocycles. The zero-order valence-corrected chi connectivity index (χ0v) is 77.9. The van der Waals surface area contributed by atoms with Gasteiger partial charge in [0.15, 0.2) is 15.6 Å². The van der Waals surface area contributed by atoms with E-state index >= 15 is 0 Å². The van der Waals surface area contributed by atoms with Gasteiger partial charge in [0, 0.05) is 144 Å². The molecule has 1 amide bonds. The average Bonchev–Trinajstić information content (AvgIpc) is 0.780. The molecule has 0 fully saturated rings. The van der Waals surface area contributed by atoms with Gasteiger partial charge in [-0.3, -0.25) is 9.59 Å². The number of hydrogen-bond acceptors (Lipinski definition) is 23. The van der Waals surface area contributed by atoms with Gasteiger partial charge in [0.25, 0.3) is 5.91 Å². The topological polar surface area (TPSA) is 366 Å². The van der Waals surface area contributed by atoms with Crippen LogP contribution in [-0.2, 0) is 92.1 Å². The molecule has 0 bridgehead atoms. The third kappa shape index (κ3) is 33.3. The molecule has 0 saturated carbocycles. The molecule has 8 aromatic rings. The lowest BCUT2D eigenvalue weighted by Crippen LogP contribution is -2.31. The first-order valence-corrected chi connectivity index (χ1v) is 48.2. The summed E-state index contributed by atoms with van der Waals surface area (Å²) in [6.45, 7) is 11.4. The SMILES string of the molecule is CN1Cc2c(Cl)cc(Cl)cc2C(c2cccc(S(=O)(=O)CCCOCCOCCOCCCC(=O)c3ccc(C(=O)NCCOCCOCCOCCNS(=O)(=O)c4cccc(C5CN(C)Cc6c(Cl)cc(Cl)cc65)c4)cc3)c2)C1.CN1Cc2c(Cl)cc(Cl)cc2C(c2cccc(S(=O)(=O)NCCOCCOCCOCCN)c2)C1.O=C(O)c1ccc(C(=O)O)cc1. The number of ketones is 1. The number of Topliss-reactive ketones (excluding diaryl/α,β-unsaturated/α-hetero) is 1. The fraction of sp³-hybridized carbons (Fsp3) is 0.422. The summed E-state index contributed by atoms with van der Waals surface area (Å²) >= 11 is 38.5. The van der Waals surface area contributed by atoms with Crippen LogP contribution < -0.4 is 20.5 Å². The van der Waals surface area contributed by atoms with Crippen molar-refractivity contribution in [2.45, 2.75) is 71.3 Å². The van der Waals surface area contributed by atoms with E-state index in [0.717, 1.165) is 56.6 Å². The number of carbonyl (C=O) groups is 4. The normalized spacial score (nSPS) is 15.4. The maximum atomic E-state index is 13.3. The highest BCUT2D eigenvalue weighted by molar-refractivity contribution is 7.91. The van der Waals surface area contributed by atoms with Crippen molar-refractivity contribution in [1.29, 1.82) is 0 Å². The van der Waals surface area contributed by atoms with E-state index in [-0.39, 0.29) is 120 Å². The highest BCUT2D eigenvalue weighted by atomic mass is 35.5. The van der Waals surface area contributed by atoms with Crippen molar-refractivity contribution in [2.24, 2.45) is 5.73 Å². The Hall–Kier alpha value is -7.17. The van der Waals surface area contributed by atoms with Crippen LogP contribution in [0.4, 0.5) is 0 Å². The molecule has 3 aliphatic rings. The lowest BCUT2D eigenvalue weighted by molar-refractivity contribution is 0.0142. The Labute approximate surface area is 773 Å². The molecule has 0 aliphatic carbocycles. The van der Waals surface area contributed by atoms with Crippen molar-refractivity contribution in [2.75, 3.05) is 192 Å². The molecule has 3 aliphatic heterocycles. The van der Waals surface area contributed by atoms with Gasteiger partial charge >= 0.3 is 11.9 Å². The summed E-state index contributed by atoms with van der Waals surface area (Å²) in [5.41, 5.74) is 15.1. The van der Waals surface area contributed by atoms with Crippen molar-refractivity contribution < 1.29 is 97.3 Å². The van der Waals surface area contributed by atoms with Gasteiger partial charge < -0.3 is 78.6 Å². The van der Waals surface area contributed by atoms with Gasteiger partial charge in [-0.15, -0.1) is 0 Å². The van der Waals surface area contributed by atoms with Crippen molar-refractivity contribution in [3.63, 3.8) is 0 Å². The molecule has 3 unspecified atom stereocenters. The Morgan fingerprint density at radius 2 is 0.701 bits per heavy atom. The van der Waals surface area contributed by atoms with Crippen LogP contribution in [0.25, 0.3) is 0 Å². The van der Waals surface area contributed by atoms with Gasteiger partial charge in [0.05, 0.1) is 137 Å². The summed E-state index contributed by atoms with van der Waals surface area (Å²) < 4.78 is 133. The van der Waals surface area contributed by atoms with Crippen molar-refractivity contribution in [3.8, 4) is 0 Å². The minimum absolute atomic E-state index is 0.0425.